The second-order valence-corrected chi connectivity index (χ2v) is 5.33. The molecule has 0 fully saturated rings. The Hall–Kier alpha value is -2.49. The summed E-state index contributed by atoms with van der Waals surface area (Å²) in [7, 11) is 1.88. The Morgan fingerprint density at radius 1 is 1.14 bits per heavy atom. The molecule has 0 saturated heterocycles. The number of halogens is 1. The molecule has 0 unspecified atom stereocenters. The molecule has 0 atom stereocenters. The van der Waals surface area contributed by atoms with Gasteiger partial charge in [-0.05, 0) is 24.1 Å². The van der Waals surface area contributed by atoms with Crippen molar-refractivity contribution in [2.45, 2.75) is 13.3 Å². The molecular weight excluding hydrogens is 265 g/mol. The lowest BCUT2D eigenvalue weighted by molar-refractivity contribution is 0.473. The number of hydrogen-bond acceptors (Lipinski definition) is 2. The second kappa shape index (κ2) is 5.48. The van der Waals surface area contributed by atoms with E-state index in [2.05, 4.69) is 36.5 Å². The zero-order chi connectivity index (χ0) is 14.8. The monoisotopic (exact) mass is 283 g/mol. The van der Waals surface area contributed by atoms with Gasteiger partial charge in [-0.3, -0.25) is 0 Å². The summed E-state index contributed by atoms with van der Waals surface area (Å²) >= 11 is 0. The topological polar surface area (TPSA) is 20.2 Å². The molecule has 1 aromatic carbocycles. The van der Waals surface area contributed by atoms with E-state index < -0.39 is 0 Å². The third-order valence-electron chi connectivity index (χ3n) is 3.60. The first-order valence-corrected chi connectivity index (χ1v) is 6.92. The van der Waals surface area contributed by atoms with Crippen molar-refractivity contribution in [3.8, 4) is 0 Å². The van der Waals surface area contributed by atoms with Crippen molar-refractivity contribution >= 4 is 11.3 Å². The lowest BCUT2D eigenvalue weighted by Crippen LogP contribution is -2.17. The highest BCUT2D eigenvalue weighted by Gasteiger charge is 2.17. The third-order valence-corrected chi connectivity index (χ3v) is 3.60. The molecule has 1 aromatic heterocycles. The number of nitrogens with zero attached hydrogens (tertiary/aromatic N) is 2. The number of dihydropyridines is 1. The van der Waals surface area contributed by atoms with Gasteiger partial charge < -0.3 is 9.88 Å². The fourth-order valence-corrected chi connectivity index (χ4v) is 2.39. The first-order valence-electron chi connectivity index (χ1n) is 6.92. The van der Waals surface area contributed by atoms with E-state index in [9.17, 15) is 4.48 Å². The van der Waals surface area contributed by atoms with Gasteiger partial charge in [-0.25, -0.2) is 0 Å². The Morgan fingerprint density at radius 2 is 1.90 bits per heavy atom. The molecule has 0 bridgehead atoms. The van der Waals surface area contributed by atoms with E-state index in [1.54, 1.807) is 18.5 Å². The maximum absolute atomic E-state index is 14.5. The van der Waals surface area contributed by atoms with Crippen LogP contribution < -0.4 is 10.4 Å². The van der Waals surface area contributed by atoms with E-state index in [0.717, 1.165) is 16.3 Å². The third kappa shape index (κ3) is 2.84. The van der Waals surface area contributed by atoms with Gasteiger partial charge in [-0.15, -0.1) is 0 Å². The molecule has 1 N–H and O–H groups in total. The van der Waals surface area contributed by atoms with Crippen LogP contribution in [0.25, 0.3) is 5.57 Å². The fourth-order valence-electron chi connectivity index (χ4n) is 2.39. The van der Waals surface area contributed by atoms with Crippen LogP contribution in [0, 0.1) is 6.92 Å². The largest absolute Gasteiger partial charge is 0.366 e. The summed E-state index contributed by atoms with van der Waals surface area (Å²) in [4.78, 5) is 0. The van der Waals surface area contributed by atoms with Gasteiger partial charge in [-0.2, -0.15) is 5.12 Å². The predicted octanol–water partition coefficient (Wildman–Crippen LogP) is 3.90. The minimum atomic E-state index is 0.538. The van der Waals surface area contributed by atoms with Gasteiger partial charge in [0, 0.05) is 38.3 Å². The number of nitrogens with one attached hydrogen (secondary N) is 1. The number of aromatic nitrogens is 1. The molecule has 2 aromatic rings. The summed E-state index contributed by atoms with van der Waals surface area (Å²) in [5, 5.41) is 3.77. The Labute approximate surface area is 123 Å². The molecule has 0 amide bonds. The first-order chi connectivity index (χ1) is 10.1. The van der Waals surface area contributed by atoms with Crippen molar-refractivity contribution in [1.82, 2.24) is 9.88 Å². The average Bonchev–Trinajstić information content (AvgIpc) is 2.94. The van der Waals surface area contributed by atoms with Gasteiger partial charge in [0.1, 0.15) is 0 Å². The molecule has 0 saturated carbocycles. The van der Waals surface area contributed by atoms with E-state index in [1.807, 2.05) is 24.0 Å². The summed E-state index contributed by atoms with van der Waals surface area (Å²) in [5.41, 5.74) is 4.54. The Kier molecular flexibility index (Phi) is 3.52. The van der Waals surface area contributed by atoms with Crippen molar-refractivity contribution in [2.75, 3.05) is 5.12 Å². The van der Waals surface area contributed by atoms with Crippen LogP contribution in [0.15, 0.2) is 60.8 Å². The molecule has 0 aliphatic carbocycles. The van der Waals surface area contributed by atoms with Gasteiger partial charge >= 0.3 is 0 Å². The zero-order valence-electron chi connectivity index (χ0n) is 12.2. The van der Waals surface area contributed by atoms with Crippen molar-refractivity contribution in [1.29, 1.82) is 0 Å². The molecule has 21 heavy (non-hydrogen) atoms. The van der Waals surface area contributed by atoms with Crippen molar-refractivity contribution in [2.24, 2.45) is 7.05 Å². The fraction of sp³-hybridized carbons (Fsp3) is 0.176. The predicted molar refractivity (Wildman–Crippen MR) is 84.0 cm³/mol. The highest BCUT2D eigenvalue weighted by atomic mass is 19.2. The number of hydrogen-bond donors (Lipinski definition) is 1. The smallest absolute Gasteiger partial charge is 0.0920 e. The summed E-state index contributed by atoms with van der Waals surface area (Å²) in [6, 6.07) is 10.0. The Bertz CT molecular complexity index is 695. The maximum Gasteiger partial charge on any atom is 0.0920 e. The summed E-state index contributed by atoms with van der Waals surface area (Å²) in [6.07, 6.45) is 7.76. The quantitative estimate of drug-likeness (QED) is 0.862. The van der Waals surface area contributed by atoms with Crippen LogP contribution >= 0.6 is 0 Å². The molecule has 0 spiro atoms. The van der Waals surface area contributed by atoms with E-state index in [0.29, 0.717) is 17.8 Å². The molecular formula is C17H18FN3. The van der Waals surface area contributed by atoms with Crippen LogP contribution in [0.4, 0.5) is 10.2 Å². The van der Waals surface area contributed by atoms with Crippen LogP contribution in [0.1, 0.15) is 17.5 Å². The first kappa shape index (κ1) is 13.5. The maximum atomic E-state index is 14.5. The van der Waals surface area contributed by atoms with Crippen LogP contribution in [0.5, 0.6) is 0 Å². The lowest BCUT2D eigenvalue weighted by atomic mass is 9.99. The lowest BCUT2D eigenvalue weighted by Gasteiger charge is -2.21. The molecule has 1 aliphatic rings. The molecule has 2 heterocycles. The van der Waals surface area contributed by atoms with Gasteiger partial charge in [0.25, 0.3) is 0 Å². The molecule has 108 valence electrons. The van der Waals surface area contributed by atoms with Crippen LogP contribution in [0.3, 0.4) is 0 Å². The zero-order valence-corrected chi connectivity index (χ0v) is 12.2. The van der Waals surface area contributed by atoms with E-state index in [-0.39, 0.29) is 0 Å². The Balaban J connectivity index is 1.78. The van der Waals surface area contributed by atoms with Gasteiger partial charge in [0.2, 0.25) is 0 Å². The number of rotatable bonds is 3. The molecule has 0 radical (unpaired) electrons. The average molecular weight is 283 g/mol. The van der Waals surface area contributed by atoms with Crippen molar-refractivity contribution in [3.63, 3.8) is 0 Å². The van der Waals surface area contributed by atoms with Crippen molar-refractivity contribution in [3.05, 3.63) is 71.9 Å². The SMILES string of the molecule is Cc1ccc(C2=CNC=C(N(F)c3ccn(C)c3)C2)cc1. The summed E-state index contributed by atoms with van der Waals surface area (Å²) < 4.78 is 16.3. The van der Waals surface area contributed by atoms with Crippen LogP contribution in [0.2, 0.25) is 0 Å². The van der Waals surface area contributed by atoms with Gasteiger partial charge in [-0.1, -0.05) is 34.3 Å². The van der Waals surface area contributed by atoms with Crippen LogP contribution in [-0.2, 0) is 7.05 Å². The van der Waals surface area contributed by atoms with Gasteiger partial charge in [0.05, 0.1) is 11.4 Å². The highest BCUT2D eigenvalue weighted by molar-refractivity contribution is 5.70. The summed E-state index contributed by atoms with van der Waals surface area (Å²) in [6.45, 7) is 2.06. The van der Waals surface area contributed by atoms with E-state index >= 15 is 0 Å². The second-order valence-electron chi connectivity index (χ2n) is 5.33. The minimum Gasteiger partial charge on any atom is -0.366 e. The molecule has 3 nitrogen and oxygen atoms in total. The molecule has 1 aliphatic heterocycles. The molecule has 4 heteroatoms. The van der Waals surface area contributed by atoms with Gasteiger partial charge in [0.15, 0.2) is 0 Å². The van der Waals surface area contributed by atoms with Crippen molar-refractivity contribution < 1.29 is 4.48 Å². The van der Waals surface area contributed by atoms with E-state index in [4.69, 9.17) is 0 Å². The van der Waals surface area contributed by atoms with Crippen LogP contribution in [-0.4, -0.2) is 4.57 Å². The number of aryl methyl sites for hydroxylation is 2. The normalized spacial score (nSPS) is 14.2. The highest BCUT2D eigenvalue weighted by Crippen LogP contribution is 2.30. The number of allylic oxidation sites excluding steroid dienone is 1. The number of anilines is 1. The molecule has 3 rings (SSSR count). The minimum absolute atomic E-state index is 0.538. The van der Waals surface area contributed by atoms with E-state index in [1.165, 1.54) is 5.56 Å². The summed E-state index contributed by atoms with van der Waals surface area (Å²) in [5.74, 6) is 0. The number of benzene rings is 1. The standard InChI is InChI=1S/C17H18FN3/c1-13-3-5-14(6-4-13)15-9-17(11-19-10-15)21(18)16-7-8-20(2)12-16/h3-8,10-12,19H,9H2,1-2H3. The Morgan fingerprint density at radius 3 is 2.57 bits per heavy atom.